The number of nitrogens with one attached hydrogen (secondary N) is 1. The van der Waals surface area contributed by atoms with Gasteiger partial charge in [-0.1, -0.05) is 0 Å². The first kappa shape index (κ1) is 18.1. The van der Waals surface area contributed by atoms with Crippen LogP contribution in [0.2, 0.25) is 0 Å². The van der Waals surface area contributed by atoms with Crippen molar-refractivity contribution in [1.82, 2.24) is 9.99 Å². The molecule has 1 aliphatic heterocycles. The molecule has 27 heavy (non-hydrogen) atoms. The molecule has 7 nitrogen and oxygen atoms in total. The monoisotopic (exact) mass is 388 g/mol. The molecule has 8 heteroatoms. The molecule has 1 aliphatic carbocycles. The van der Waals surface area contributed by atoms with Crippen LogP contribution < -0.4 is 10.1 Å². The van der Waals surface area contributed by atoms with E-state index in [1.807, 2.05) is 4.68 Å². The van der Waals surface area contributed by atoms with Gasteiger partial charge in [0.2, 0.25) is 10.6 Å². The van der Waals surface area contributed by atoms with Gasteiger partial charge in [0.15, 0.2) is 11.5 Å². The van der Waals surface area contributed by atoms with Gasteiger partial charge in [-0.05, 0) is 57.8 Å². The second-order valence-electron chi connectivity index (χ2n) is 7.14. The van der Waals surface area contributed by atoms with Crippen molar-refractivity contribution < 1.29 is 15.3 Å². The normalized spacial score (nSPS) is 19.2. The summed E-state index contributed by atoms with van der Waals surface area (Å²) in [5.74, 6) is -0.760. The average Bonchev–Trinajstić information content (AvgIpc) is 3.45. The lowest BCUT2D eigenvalue weighted by Gasteiger charge is -2.18. The van der Waals surface area contributed by atoms with E-state index in [4.69, 9.17) is 4.99 Å². The third-order valence-electron chi connectivity index (χ3n) is 5.05. The van der Waals surface area contributed by atoms with Crippen LogP contribution in [0.5, 0.6) is 17.2 Å². The van der Waals surface area contributed by atoms with Crippen LogP contribution in [0.15, 0.2) is 22.2 Å². The summed E-state index contributed by atoms with van der Waals surface area (Å²) in [5, 5.41) is 37.2. The van der Waals surface area contributed by atoms with Crippen LogP contribution in [-0.4, -0.2) is 45.3 Å². The number of aromatic nitrogens is 1. The van der Waals surface area contributed by atoms with Crippen molar-refractivity contribution in [2.45, 2.75) is 44.6 Å². The van der Waals surface area contributed by atoms with Crippen molar-refractivity contribution in [1.29, 1.82) is 0 Å². The number of aryl methyl sites for hydroxylation is 1. The molecule has 1 aromatic carbocycles. The quantitative estimate of drug-likeness (QED) is 0.477. The number of benzene rings is 1. The van der Waals surface area contributed by atoms with Gasteiger partial charge in [-0.3, -0.25) is 4.99 Å². The van der Waals surface area contributed by atoms with Crippen LogP contribution in [0.1, 0.15) is 47.7 Å². The second kappa shape index (κ2) is 7.36. The Kier molecular flexibility index (Phi) is 4.92. The van der Waals surface area contributed by atoms with E-state index in [-0.39, 0.29) is 11.5 Å². The third-order valence-corrected chi connectivity index (χ3v) is 6.03. The minimum atomic E-state index is -0.535. The molecule has 0 amide bonds. The lowest BCUT2D eigenvalue weighted by Crippen LogP contribution is -2.31. The fourth-order valence-corrected chi connectivity index (χ4v) is 4.46. The molecule has 2 aliphatic rings. The number of aromatic hydroxyl groups is 3. The van der Waals surface area contributed by atoms with E-state index in [2.05, 4.69) is 17.3 Å². The second-order valence-corrected chi connectivity index (χ2v) is 8.32. The minimum Gasteiger partial charge on any atom is -0.504 e. The standard InChI is InChI=1S/C19H24N4O3S/c1-11-16(12-2-3-12)23(19(27-11)22-14-6-8-20-9-7-14)21-10-13-4-5-15(24)18(26)17(13)25/h4-5,10,12,14,20,24-26H,2-3,6-9H2,1H3/b21-10+,22-19?. The topological polar surface area (TPSA) is 102 Å². The summed E-state index contributed by atoms with van der Waals surface area (Å²) in [6.07, 6.45) is 5.86. The summed E-state index contributed by atoms with van der Waals surface area (Å²) >= 11 is 1.66. The van der Waals surface area contributed by atoms with E-state index in [0.29, 0.717) is 17.5 Å². The maximum Gasteiger partial charge on any atom is 0.206 e. The predicted octanol–water partition coefficient (Wildman–Crippen LogP) is 2.39. The van der Waals surface area contributed by atoms with Crippen LogP contribution in [0.3, 0.4) is 0 Å². The van der Waals surface area contributed by atoms with Gasteiger partial charge in [-0.15, -0.1) is 11.3 Å². The van der Waals surface area contributed by atoms with Gasteiger partial charge >= 0.3 is 0 Å². The molecule has 1 saturated carbocycles. The maximum absolute atomic E-state index is 10.0. The van der Waals surface area contributed by atoms with Gasteiger partial charge in [-0.25, -0.2) is 4.68 Å². The number of thiazole rings is 1. The Morgan fingerprint density at radius 2 is 1.85 bits per heavy atom. The van der Waals surface area contributed by atoms with Crippen LogP contribution in [0.25, 0.3) is 0 Å². The Labute approximate surface area is 161 Å². The van der Waals surface area contributed by atoms with Crippen LogP contribution >= 0.6 is 11.3 Å². The Balaban J connectivity index is 1.74. The number of phenols is 3. The summed E-state index contributed by atoms with van der Waals surface area (Å²) in [5.41, 5.74) is 1.53. The molecule has 0 spiro atoms. The van der Waals surface area contributed by atoms with E-state index in [9.17, 15) is 15.3 Å². The van der Waals surface area contributed by atoms with E-state index in [1.54, 1.807) is 11.3 Å². The van der Waals surface area contributed by atoms with Gasteiger partial charge < -0.3 is 20.6 Å². The highest BCUT2D eigenvalue weighted by Crippen LogP contribution is 2.42. The highest BCUT2D eigenvalue weighted by atomic mass is 32.1. The van der Waals surface area contributed by atoms with E-state index < -0.39 is 5.75 Å². The first-order chi connectivity index (χ1) is 13.0. The predicted molar refractivity (Wildman–Crippen MR) is 105 cm³/mol. The number of rotatable bonds is 4. The average molecular weight is 388 g/mol. The van der Waals surface area contributed by atoms with Gasteiger partial charge in [-0.2, -0.15) is 5.10 Å². The first-order valence-electron chi connectivity index (χ1n) is 9.29. The molecule has 0 radical (unpaired) electrons. The molecule has 0 unspecified atom stereocenters. The lowest BCUT2D eigenvalue weighted by atomic mass is 10.1. The molecule has 0 bridgehead atoms. The zero-order valence-corrected chi connectivity index (χ0v) is 16.0. The van der Waals surface area contributed by atoms with E-state index >= 15 is 0 Å². The molecule has 2 fully saturated rings. The number of nitrogens with zero attached hydrogens (tertiary/aromatic N) is 3. The summed E-state index contributed by atoms with van der Waals surface area (Å²) in [7, 11) is 0. The van der Waals surface area contributed by atoms with Crippen molar-refractivity contribution in [2.75, 3.05) is 13.1 Å². The SMILES string of the molecule is Cc1sc(=NC2CCNCC2)n(/N=C/c2ccc(O)c(O)c2O)c1C1CC1. The molecular formula is C19H24N4O3S. The van der Waals surface area contributed by atoms with Crippen molar-refractivity contribution in [3.05, 3.63) is 33.1 Å². The molecule has 0 atom stereocenters. The van der Waals surface area contributed by atoms with Gasteiger partial charge in [0, 0.05) is 16.4 Å². The number of hydrogen-bond acceptors (Lipinski definition) is 7. The molecule has 144 valence electrons. The fourth-order valence-electron chi connectivity index (χ4n) is 3.40. The molecule has 1 aromatic heterocycles. The fraction of sp³-hybridized carbons (Fsp3) is 0.474. The van der Waals surface area contributed by atoms with Gasteiger partial charge in [0.05, 0.1) is 18.0 Å². The summed E-state index contributed by atoms with van der Waals surface area (Å²) in [6, 6.07) is 3.15. The molecular weight excluding hydrogens is 364 g/mol. The Morgan fingerprint density at radius 3 is 2.56 bits per heavy atom. The van der Waals surface area contributed by atoms with Crippen LogP contribution in [0.4, 0.5) is 0 Å². The zero-order chi connectivity index (χ0) is 19.0. The number of phenolic OH excluding ortho intramolecular Hbond substituents is 3. The van der Waals surface area contributed by atoms with Crippen LogP contribution in [-0.2, 0) is 0 Å². The minimum absolute atomic E-state index is 0.295. The summed E-state index contributed by atoms with van der Waals surface area (Å²) in [6.45, 7) is 4.07. The van der Waals surface area contributed by atoms with E-state index in [0.717, 1.165) is 43.6 Å². The molecule has 2 aromatic rings. The molecule has 1 saturated heterocycles. The molecule has 4 N–H and O–H groups in total. The largest absolute Gasteiger partial charge is 0.504 e. The number of piperidine rings is 1. The highest BCUT2D eigenvalue weighted by molar-refractivity contribution is 7.09. The molecule has 4 rings (SSSR count). The van der Waals surface area contributed by atoms with Crippen molar-refractivity contribution in [2.24, 2.45) is 10.1 Å². The van der Waals surface area contributed by atoms with Gasteiger partial charge in [0.25, 0.3) is 0 Å². The number of hydrogen-bond donors (Lipinski definition) is 4. The zero-order valence-electron chi connectivity index (χ0n) is 15.2. The maximum atomic E-state index is 10.0. The Morgan fingerprint density at radius 1 is 1.11 bits per heavy atom. The highest BCUT2D eigenvalue weighted by Gasteiger charge is 2.30. The lowest BCUT2D eigenvalue weighted by molar-refractivity contribution is 0.367. The van der Waals surface area contributed by atoms with Crippen molar-refractivity contribution in [3.63, 3.8) is 0 Å². The smallest absolute Gasteiger partial charge is 0.206 e. The third kappa shape index (κ3) is 3.72. The van der Waals surface area contributed by atoms with Crippen LogP contribution in [0, 0.1) is 6.92 Å². The first-order valence-corrected chi connectivity index (χ1v) is 10.1. The summed E-state index contributed by atoms with van der Waals surface area (Å²) in [4.78, 5) is 7.05. The van der Waals surface area contributed by atoms with Crippen molar-refractivity contribution in [3.8, 4) is 17.2 Å². The van der Waals surface area contributed by atoms with Crippen molar-refractivity contribution >= 4 is 17.6 Å². The summed E-state index contributed by atoms with van der Waals surface area (Å²) < 4.78 is 1.89. The van der Waals surface area contributed by atoms with Gasteiger partial charge in [0.1, 0.15) is 0 Å². The Hall–Kier alpha value is -2.32. The van der Waals surface area contributed by atoms with E-state index in [1.165, 1.54) is 28.9 Å². The molecule has 2 heterocycles. The Bertz CT molecular complexity index is 937.